The number of amides is 1. The molecule has 1 aliphatic heterocycles. The second-order valence-electron chi connectivity index (χ2n) is 6.82. The fourth-order valence-electron chi connectivity index (χ4n) is 3.03. The lowest BCUT2D eigenvalue weighted by atomic mass is 9.93. The maximum Gasteiger partial charge on any atom is 0.248 e. The molecular weight excluding hydrogens is 378 g/mol. The van der Waals surface area contributed by atoms with Gasteiger partial charge in [-0.25, -0.2) is 10.4 Å². The zero-order chi connectivity index (χ0) is 20.4. The lowest BCUT2D eigenvalue weighted by Gasteiger charge is -2.19. The Hall–Kier alpha value is -2.97. The molecule has 1 heterocycles. The summed E-state index contributed by atoms with van der Waals surface area (Å²) in [5.41, 5.74) is 4.83. The minimum Gasteiger partial charge on any atom is -0.508 e. The summed E-state index contributed by atoms with van der Waals surface area (Å²) in [5.74, 6) is -1.77. The van der Waals surface area contributed by atoms with Gasteiger partial charge in [0.15, 0.2) is 10.9 Å². The maximum absolute atomic E-state index is 12.8. The number of ketones is 1. The molecule has 0 saturated carbocycles. The molecule has 0 bridgehead atoms. The van der Waals surface area contributed by atoms with Gasteiger partial charge in [0.2, 0.25) is 5.91 Å². The SMILES string of the molecule is Cc1ccc(NC(=S)N2NC(C)C(CC(=O)c3cc(O)ccc3O)C2=O)cc1. The third kappa shape index (κ3) is 4.13. The standard InChI is InChI=1S/C20H21N3O4S/c1-11-3-5-13(6-4-11)21-20(28)23-19(27)15(12(2)22-23)10-18(26)16-9-14(24)7-8-17(16)25/h3-9,12,15,22,24-25H,10H2,1-2H3,(H,21,28). The van der Waals surface area contributed by atoms with E-state index >= 15 is 0 Å². The highest BCUT2D eigenvalue weighted by atomic mass is 32.1. The molecule has 146 valence electrons. The van der Waals surface area contributed by atoms with E-state index in [9.17, 15) is 19.8 Å². The van der Waals surface area contributed by atoms with Crippen LogP contribution in [0.4, 0.5) is 5.69 Å². The van der Waals surface area contributed by atoms with E-state index < -0.39 is 11.7 Å². The van der Waals surface area contributed by atoms with Gasteiger partial charge in [0, 0.05) is 18.2 Å². The molecule has 2 unspecified atom stereocenters. The fraction of sp³-hybridized carbons (Fsp3) is 0.250. The normalized spacial score (nSPS) is 18.9. The number of phenols is 2. The summed E-state index contributed by atoms with van der Waals surface area (Å²) in [6.07, 6.45) is -0.117. The number of aryl methyl sites for hydroxylation is 1. The van der Waals surface area contributed by atoms with E-state index in [0.717, 1.165) is 11.3 Å². The number of nitrogens with zero attached hydrogens (tertiary/aromatic N) is 1. The van der Waals surface area contributed by atoms with E-state index in [1.54, 1.807) is 6.92 Å². The predicted octanol–water partition coefficient (Wildman–Crippen LogP) is 2.73. The number of phenolic OH excluding ortho intramolecular Hbond substituents is 2. The first-order chi connectivity index (χ1) is 13.3. The molecule has 1 saturated heterocycles. The third-order valence-corrected chi connectivity index (χ3v) is 4.95. The molecule has 7 nitrogen and oxygen atoms in total. The van der Waals surface area contributed by atoms with Crippen molar-refractivity contribution in [2.45, 2.75) is 26.3 Å². The summed E-state index contributed by atoms with van der Waals surface area (Å²) in [7, 11) is 0. The number of aromatic hydroxyl groups is 2. The molecule has 28 heavy (non-hydrogen) atoms. The Bertz CT molecular complexity index is 930. The van der Waals surface area contributed by atoms with Crippen LogP contribution in [0, 0.1) is 12.8 Å². The minimum absolute atomic E-state index is 0.0150. The van der Waals surface area contributed by atoms with Crippen LogP contribution in [-0.4, -0.2) is 38.1 Å². The number of carbonyl (C=O) groups is 2. The van der Waals surface area contributed by atoms with Crippen molar-refractivity contribution in [2.24, 2.45) is 5.92 Å². The number of thiocarbonyl (C=S) groups is 1. The third-order valence-electron chi connectivity index (χ3n) is 4.67. The Kier molecular flexibility index (Phi) is 5.62. The van der Waals surface area contributed by atoms with Gasteiger partial charge in [-0.1, -0.05) is 17.7 Å². The Morgan fingerprint density at radius 3 is 2.57 bits per heavy atom. The maximum atomic E-state index is 12.8. The molecule has 0 aliphatic carbocycles. The first kappa shape index (κ1) is 19.8. The zero-order valence-electron chi connectivity index (χ0n) is 15.5. The molecule has 0 aromatic heterocycles. The summed E-state index contributed by atoms with van der Waals surface area (Å²) in [5, 5.41) is 23.8. The van der Waals surface area contributed by atoms with Gasteiger partial charge in [-0.2, -0.15) is 0 Å². The molecule has 1 amide bonds. The quantitative estimate of drug-likeness (QED) is 0.356. The highest BCUT2D eigenvalue weighted by Gasteiger charge is 2.41. The molecule has 0 spiro atoms. The molecule has 2 aromatic rings. The first-order valence-electron chi connectivity index (χ1n) is 8.79. The summed E-state index contributed by atoms with van der Waals surface area (Å²) < 4.78 is 0. The van der Waals surface area contributed by atoms with Crippen molar-refractivity contribution < 1.29 is 19.8 Å². The first-order valence-corrected chi connectivity index (χ1v) is 9.20. The van der Waals surface area contributed by atoms with E-state index in [2.05, 4.69) is 10.7 Å². The lowest BCUT2D eigenvalue weighted by molar-refractivity contribution is -0.128. The molecule has 1 fully saturated rings. The van der Waals surface area contributed by atoms with Crippen LogP contribution >= 0.6 is 12.2 Å². The largest absolute Gasteiger partial charge is 0.508 e. The van der Waals surface area contributed by atoms with Crippen molar-refractivity contribution in [1.29, 1.82) is 0 Å². The highest BCUT2D eigenvalue weighted by molar-refractivity contribution is 7.80. The Labute approximate surface area is 168 Å². The van der Waals surface area contributed by atoms with Crippen LogP contribution in [0.25, 0.3) is 0 Å². The number of hydrogen-bond donors (Lipinski definition) is 4. The van der Waals surface area contributed by atoms with Gasteiger partial charge in [0.25, 0.3) is 0 Å². The summed E-state index contributed by atoms with van der Waals surface area (Å²) in [4.78, 5) is 25.3. The molecule has 0 radical (unpaired) electrons. The number of rotatable bonds is 4. The number of Topliss-reactive ketones (excluding diaryl/α,β-unsaturated/α-hetero) is 1. The molecule has 2 aromatic carbocycles. The second-order valence-corrected chi connectivity index (χ2v) is 7.21. The van der Waals surface area contributed by atoms with E-state index in [-0.39, 0.29) is 40.5 Å². The van der Waals surface area contributed by atoms with Gasteiger partial charge in [0.05, 0.1) is 11.5 Å². The van der Waals surface area contributed by atoms with Gasteiger partial charge in [-0.3, -0.25) is 9.59 Å². The van der Waals surface area contributed by atoms with Crippen molar-refractivity contribution in [3.63, 3.8) is 0 Å². The van der Waals surface area contributed by atoms with E-state index in [0.29, 0.717) is 0 Å². The smallest absolute Gasteiger partial charge is 0.248 e. The molecule has 3 rings (SSSR count). The predicted molar refractivity (Wildman–Crippen MR) is 109 cm³/mol. The van der Waals surface area contributed by atoms with Crippen LogP contribution in [0.5, 0.6) is 11.5 Å². The topological polar surface area (TPSA) is 102 Å². The van der Waals surface area contributed by atoms with Gasteiger partial charge in [-0.15, -0.1) is 0 Å². The van der Waals surface area contributed by atoms with Gasteiger partial charge < -0.3 is 15.5 Å². The zero-order valence-corrected chi connectivity index (χ0v) is 16.3. The van der Waals surface area contributed by atoms with Crippen molar-refractivity contribution in [1.82, 2.24) is 10.4 Å². The summed E-state index contributed by atoms with van der Waals surface area (Å²) >= 11 is 5.33. The average molecular weight is 399 g/mol. The highest BCUT2D eigenvalue weighted by Crippen LogP contribution is 2.28. The van der Waals surface area contributed by atoms with Crippen molar-refractivity contribution >= 4 is 34.7 Å². The monoisotopic (exact) mass is 399 g/mol. The number of anilines is 1. The summed E-state index contributed by atoms with van der Waals surface area (Å²) in [6.45, 7) is 3.76. The number of hydrazine groups is 1. The van der Waals surface area contributed by atoms with Crippen LogP contribution in [0.3, 0.4) is 0 Å². The van der Waals surface area contributed by atoms with Crippen LogP contribution in [0.2, 0.25) is 0 Å². The van der Waals surface area contributed by atoms with Crippen molar-refractivity contribution in [2.75, 3.05) is 5.32 Å². The van der Waals surface area contributed by atoms with Gasteiger partial charge >= 0.3 is 0 Å². The van der Waals surface area contributed by atoms with Crippen LogP contribution in [0.1, 0.15) is 29.3 Å². The molecule has 2 atom stereocenters. The average Bonchev–Trinajstić information content (AvgIpc) is 2.93. The van der Waals surface area contributed by atoms with Gasteiger partial charge in [-0.05, 0) is 56.4 Å². The Balaban J connectivity index is 1.69. The molecule has 1 aliphatic rings. The van der Waals surface area contributed by atoms with Crippen LogP contribution in [-0.2, 0) is 4.79 Å². The van der Waals surface area contributed by atoms with Gasteiger partial charge in [0.1, 0.15) is 11.5 Å². The minimum atomic E-state index is -0.646. The van der Waals surface area contributed by atoms with Crippen LogP contribution in [0.15, 0.2) is 42.5 Å². The number of benzene rings is 2. The van der Waals surface area contributed by atoms with Crippen molar-refractivity contribution in [3.05, 3.63) is 53.6 Å². The second kappa shape index (κ2) is 7.95. The van der Waals surface area contributed by atoms with E-state index in [1.807, 2.05) is 31.2 Å². The number of carbonyl (C=O) groups excluding carboxylic acids is 2. The Morgan fingerprint density at radius 1 is 1.21 bits per heavy atom. The molecular formula is C20H21N3O4S. The van der Waals surface area contributed by atoms with E-state index in [1.165, 1.54) is 23.2 Å². The van der Waals surface area contributed by atoms with E-state index in [4.69, 9.17) is 12.2 Å². The molecule has 8 heteroatoms. The summed E-state index contributed by atoms with van der Waals surface area (Å²) in [6, 6.07) is 11.0. The number of nitrogens with one attached hydrogen (secondary N) is 2. The lowest BCUT2D eigenvalue weighted by Crippen LogP contribution is -2.44. The fourth-order valence-corrected chi connectivity index (χ4v) is 3.29. The molecule has 4 N–H and O–H groups in total. The Morgan fingerprint density at radius 2 is 1.89 bits per heavy atom. The number of hydrogen-bond acceptors (Lipinski definition) is 6. The van der Waals surface area contributed by atoms with Crippen LogP contribution < -0.4 is 10.7 Å². The van der Waals surface area contributed by atoms with Crippen molar-refractivity contribution in [3.8, 4) is 11.5 Å².